The maximum Gasteiger partial charge on any atom is 0.320 e. The van der Waals surface area contributed by atoms with Gasteiger partial charge in [0.05, 0.1) is 27.7 Å². The SMILES string of the molecule is C=CC(=O)N1CCC(Oc2nc(OCC34CCCN3CC(F)C4)nc3c(F)c(-c4ccc(F)c5sc(N)nc45)ncc23)C1. The maximum atomic E-state index is 16.3. The monoisotopic (exact) mass is 611 g/mol. The second-order valence-corrected chi connectivity index (χ2v) is 12.2. The van der Waals surface area contributed by atoms with Crippen molar-refractivity contribution < 1.29 is 27.4 Å². The molecular formula is C29H28F3N7O3S. The Labute approximate surface area is 248 Å². The molecule has 0 radical (unpaired) electrons. The largest absolute Gasteiger partial charge is 0.472 e. The number of pyridine rings is 1. The van der Waals surface area contributed by atoms with E-state index in [4.69, 9.17) is 15.2 Å². The topological polar surface area (TPSA) is 120 Å². The van der Waals surface area contributed by atoms with Crippen LogP contribution in [-0.4, -0.2) is 86.2 Å². The number of nitrogens with zero attached hydrogens (tertiary/aromatic N) is 6. The number of thiazole rings is 1. The number of carbonyl (C=O) groups is 1. The lowest BCUT2D eigenvalue weighted by Crippen LogP contribution is -2.43. The number of aromatic nitrogens is 4. The Morgan fingerprint density at radius 2 is 2.07 bits per heavy atom. The van der Waals surface area contributed by atoms with E-state index in [1.54, 1.807) is 4.90 Å². The second kappa shape index (κ2) is 10.6. The highest BCUT2D eigenvalue weighted by Gasteiger charge is 2.49. The van der Waals surface area contributed by atoms with Gasteiger partial charge in [-0.1, -0.05) is 17.9 Å². The van der Waals surface area contributed by atoms with Gasteiger partial charge in [0.1, 0.15) is 35.9 Å². The fraction of sp³-hybridized carbons (Fsp3) is 0.414. The molecule has 7 rings (SSSR count). The number of anilines is 1. The van der Waals surface area contributed by atoms with Crippen LogP contribution in [0.4, 0.5) is 18.3 Å². The van der Waals surface area contributed by atoms with E-state index in [9.17, 15) is 13.6 Å². The van der Waals surface area contributed by atoms with Crippen LogP contribution in [0.25, 0.3) is 32.4 Å². The van der Waals surface area contributed by atoms with Gasteiger partial charge in [0, 0.05) is 37.7 Å². The van der Waals surface area contributed by atoms with Gasteiger partial charge in [0.2, 0.25) is 11.8 Å². The number of nitrogen functional groups attached to an aromatic ring is 1. The molecule has 3 fully saturated rings. The van der Waals surface area contributed by atoms with Crippen LogP contribution in [0.5, 0.6) is 11.9 Å². The molecule has 0 spiro atoms. The van der Waals surface area contributed by atoms with Crippen molar-refractivity contribution in [3.05, 3.63) is 42.6 Å². The van der Waals surface area contributed by atoms with Crippen LogP contribution in [0.2, 0.25) is 0 Å². The molecule has 3 aliphatic rings. The summed E-state index contributed by atoms with van der Waals surface area (Å²) >= 11 is 0.960. The molecule has 3 aromatic heterocycles. The van der Waals surface area contributed by atoms with Crippen LogP contribution in [0, 0.1) is 11.6 Å². The molecule has 1 aromatic carbocycles. The molecule has 43 heavy (non-hydrogen) atoms. The van der Waals surface area contributed by atoms with Crippen molar-refractivity contribution in [1.82, 2.24) is 29.7 Å². The first-order valence-electron chi connectivity index (χ1n) is 14.1. The van der Waals surface area contributed by atoms with E-state index in [2.05, 4.69) is 31.4 Å². The molecule has 3 saturated heterocycles. The van der Waals surface area contributed by atoms with Crippen molar-refractivity contribution in [3.63, 3.8) is 0 Å². The lowest BCUT2D eigenvalue weighted by molar-refractivity contribution is -0.125. The van der Waals surface area contributed by atoms with E-state index in [1.165, 1.54) is 24.4 Å². The van der Waals surface area contributed by atoms with Crippen molar-refractivity contribution in [2.75, 3.05) is 38.5 Å². The van der Waals surface area contributed by atoms with Gasteiger partial charge in [0.15, 0.2) is 10.9 Å². The number of hydrogen-bond donors (Lipinski definition) is 1. The standard InChI is InChI=1S/C29H28F3N7O3S/c1-2-20(40)38-9-6-16(13-38)42-26-18-11-34-22(17-4-5-19(31)25-24(17)35-27(33)43-25)21(32)23(18)36-28(37-26)41-14-29-7-3-8-39(29)12-15(30)10-29/h2,4-5,11,15-16H,1,3,6-10,12-14H2,(H2,33,35). The number of halogens is 3. The molecule has 3 atom stereocenters. The highest BCUT2D eigenvalue weighted by atomic mass is 32.1. The van der Waals surface area contributed by atoms with Crippen LogP contribution in [0.3, 0.4) is 0 Å². The molecule has 4 aromatic rings. The molecular weight excluding hydrogens is 583 g/mol. The summed E-state index contributed by atoms with van der Waals surface area (Å²) in [4.78, 5) is 33.3. The summed E-state index contributed by atoms with van der Waals surface area (Å²) in [5.41, 5.74) is 5.60. The Bertz CT molecular complexity index is 1770. The smallest absolute Gasteiger partial charge is 0.320 e. The molecule has 3 unspecified atom stereocenters. The molecule has 224 valence electrons. The number of benzene rings is 1. The van der Waals surface area contributed by atoms with Crippen molar-refractivity contribution in [3.8, 4) is 23.1 Å². The Morgan fingerprint density at radius 1 is 1.21 bits per heavy atom. The molecule has 0 bridgehead atoms. The third kappa shape index (κ3) is 4.82. The lowest BCUT2D eigenvalue weighted by Gasteiger charge is -2.30. The first-order valence-corrected chi connectivity index (χ1v) is 14.9. The second-order valence-electron chi connectivity index (χ2n) is 11.2. The van der Waals surface area contributed by atoms with Crippen LogP contribution >= 0.6 is 11.3 Å². The van der Waals surface area contributed by atoms with Gasteiger partial charge in [0.25, 0.3) is 0 Å². The third-order valence-electron chi connectivity index (χ3n) is 8.54. The predicted molar refractivity (Wildman–Crippen MR) is 155 cm³/mol. The summed E-state index contributed by atoms with van der Waals surface area (Å²) in [7, 11) is 0. The van der Waals surface area contributed by atoms with E-state index in [1.807, 2.05) is 0 Å². The van der Waals surface area contributed by atoms with Crippen LogP contribution < -0.4 is 15.2 Å². The van der Waals surface area contributed by atoms with E-state index in [0.29, 0.717) is 32.5 Å². The number of ether oxygens (including phenoxy) is 2. The average Bonchev–Trinajstić information content (AvgIpc) is 3.76. The van der Waals surface area contributed by atoms with Gasteiger partial charge in [-0.25, -0.2) is 18.2 Å². The molecule has 14 heteroatoms. The third-order valence-corrected chi connectivity index (χ3v) is 9.43. The normalized spacial score (nSPS) is 23.7. The minimum absolute atomic E-state index is 0.0496. The number of nitrogens with two attached hydrogens (primary N) is 1. The molecule has 1 amide bonds. The van der Waals surface area contributed by atoms with Crippen molar-refractivity contribution in [1.29, 1.82) is 0 Å². The molecule has 2 N–H and O–H groups in total. The summed E-state index contributed by atoms with van der Waals surface area (Å²) in [6, 6.07) is 2.49. The van der Waals surface area contributed by atoms with E-state index in [-0.39, 0.29) is 61.9 Å². The quantitative estimate of drug-likeness (QED) is 0.306. The number of alkyl halides is 1. The zero-order chi connectivity index (χ0) is 29.9. The predicted octanol–water partition coefficient (Wildman–Crippen LogP) is 4.28. The minimum atomic E-state index is -0.942. The number of amides is 1. The summed E-state index contributed by atoms with van der Waals surface area (Å²) < 4.78 is 57.6. The van der Waals surface area contributed by atoms with Gasteiger partial charge in [-0.05, 0) is 37.6 Å². The van der Waals surface area contributed by atoms with Gasteiger partial charge in [-0.2, -0.15) is 9.97 Å². The number of likely N-dealkylation sites (tertiary alicyclic amines) is 1. The summed E-state index contributed by atoms with van der Waals surface area (Å²) in [5, 5.41) is 0.336. The van der Waals surface area contributed by atoms with Gasteiger partial charge >= 0.3 is 6.01 Å². The van der Waals surface area contributed by atoms with Gasteiger partial charge in [-0.3, -0.25) is 14.7 Å². The first kappa shape index (κ1) is 27.8. The van der Waals surface area contributed by atoms with Crippen LogP contribution in [-0.2, 0) is 4.79 Å². The van der Waals surface area contributed by atoms with Crippen LogP contribution in [0.15, 0.2) is 31.0 Å². The van der Waals surface area contributed by atoms with E-state index < -0.39 is 29.4 Å². The zero-order valence-corrected chi connectivity index (χ0v) is 23.9. The van der Waals surface area contributed by atoms with Gasteiger partial charge in [-0.15, -0.1) is 0 Å². The molecule has 0 saturated carbocycles. The van der Waals surface area contributed by atoms with Crippen molar-refractivity contribution in [2.45, 2.75) is 43.5 Å². The molecule has 6 heterocycles. The lowest BCUT2D eigenvalue weighted by atomic mass is 9.95. The average molecular weight is 612 g/mol. The fourth-order valence-electron chi connectivity index (χ4n) is 6.50. The summed E-state index contributed by atoms with van der Waals surface area (Å²) in [6.45, 7) is 5.59. The van der Waals surface area contributed by atoms with Crippen molar-refractivity contribution >= 4 is 43.5 Å². The maximum absolute atomic E-state index is 16.3. The Morgan fingerprint density at radius 3 is 2.91 bits per heavy atom. The highest BCUT2D eigenvalue weighted by Crippen LogP contribution is 2.41. The fourth-order valence-corrected chi connectivity index (χ4v) is 7.26. The molecule has 10 nitrogen and oxygen atoms in total. The number of fused-ring (bicyclic) bond motifs is 3. The minimum Gasteiger partial charge on any atom is -0.472 e. The number of rotatable bonds is 7. The summed E-state index contributed by atoms with van der Waals surface area (Å²) in [6.07, 6.45) is 3.86. The highest BCUT2D eigenvalue weighted by molar-refractivity contribution is 7.22. The van der Waals surface area contributed by atoms with E-state index in [0.717, 1.165) is 30.7 Å². The number of carbonyl (C=O) groups excluding carboxylic acids is 1. The Balaban J connectivity index is 1.29. The molecule has 3 aliphatic heterocycles. The first-order chi connectivity index (χ1) is 20.7. The Kier molecular flexibility index (Phi) is 6.84. The Hall–Kier alpha value is -4.04. The van der Waals surface area contributed by atoms with Crippen LogP contribution in [0.1, 0.15) is 25.7 Å². The van der Waals surface area contributed by atoms with Crippen molar-refractivity contribution in [2.24, 2.45) is 0 Å². The summed E-state index contributed by atoms with van der Waals surface area (Å²) in [5.74, 6) is -1.48. The van der Waals surface area contributed by atoms with Gasteiger partial charge < -0.3 is 20.1 Å². The van der Waals surface area contributed by atoms with E-state index >= 15 is 4.39 Å². The zero-order valence-electron chi connectivity index (χ0n) is 23.1. The molecule has 0 aliphatic carbocycles. The number of hydrogen-bond acceptors (Lipinski definition) is 10.